The molecule has 0 aliphatic rings. The van der Waals surface area contributed by atoms with Gasteiger partial charge in [0.15, 0.2) is 0 Å². The Morgan fingerprint density at radius 3 is 1.88 bits per heavy atom. The molecule has 4 nitrogen and oxygen atoms in total. The summed E-state index contributed by atoms with van der Waals surface area (Å²) in [6, 6.07) is 0. The molecule has 0 fully saturated rings. The van der Waals surface area contributed by atoms with Gasteiger partial charge in [0.05, 0.1) is 0 Å². The molecule has 0 aliphatic carbocycles. The van der Waals surface area contributed by atoms with Gasteiger partial charge in [-0.3, -0.25) is 4.79 Å². The normalized spacial score (nSPS) is 11.4. The first kappa shape index (κ1) is 7.55. The van der Waals surface area contributed by atoms with Crippen LogP contribution in [-0.4, -0.2) is 31.6 Å². The van der Waals surface area contributed by atoms with Gasteiger partial charge in [-0.05, 0) is 0 Å². The van der Waals surface area contributed by atoms with E-state index in [1.165, 1.54) is 0 Å². The first-order valence-corrected chi connectivity index (χ1v) is 1.97. The third-order valence-corrected chi connectivity index (χ3v) is 0.734. The van der Waals surface area contributed by atoms with E-state index in [4.69, 9.17) is 5.11 Å². The fourth-order valence-electron chi connectivity index (χ4n) is 0.180. The van der Waals surface area contributed by atoms with Crippen LogP contribution in [0.1, 0.15) is 0 Å². The van der Waals surface area contributed by atoms with Crippen LogP contribution in [0.25, 0.3) is 0 Å². The Bertz CT molecular complexity index is 76.1. The molecule has 8 heavy (non-hydrogen) atoms. The fraction of sp³-hybridized carbons (Fsp3) is 0.750. The Kier molecular flexibility index (Phi) is 2.60. The van der Waals surface area contributed by atoms with Gasteiger partial charge in [-0.25, -0.2) is 0 Å². The van der Waals surface area contributed by atoms with E-state index >= 15 is 0 Å². The highest BCUT2D eigenvalue weighted by molar-refractivity contribution is 5.57. The number of carbonyl (C=O) groups is 1. The first-order valence-electron chi connectivity index (χ1n) is 1.97. The highest BCUT2D eigenvalue weighted by Gasteiger charge is 2.23. The summed E-state index contributed by atoms with van der Waals surface area (Å²) < 4.78 is 8.40. The third kappa shape index (κ3) is 1.57. The van der Waals surface area contributed by atoms with Gasteiger partial charge in [-0.1, -0.05) is 0 Å². The second-order valence-corrected chi connectivity index (χ2v) is 1.16. The van der Waals surface area contributed by atoms with Gasteiger partial charge in [0.2, 0.25) is 6.29 Å². The van der Waals surface area contributed by atoms with Crippen LogP contribution in [0.5, 0.6) is 0 Å². The largest absolute Gasteiger partial charge is 0.340 e. The Morgan fingerprint density at radius 2 is 1.88 bits per heavy atom. The predicted molar refractivity (Wildman–Crippen MR) is 25.0 cm³/mol. The SMILES string of the molecule is COC(O)(C=O)OC. The molecule has 0 amide bonds. The van der Waals surface area contributed by atoms with Crippen molar-refractivity contribution >= 4 is 6.29 Å². The molecule has 0 atom stereocenters. The van der Waals surface area contributed by atoms with Gasteiger partial charge in [0, 0.05) is 14.2 Å². The minimum absolute atomic E-state index is 0.160. The monoisotopic (exact) mass is 120 g/mol. The van der Waals surface area contributed by atoms with Crippen LogP contribution in [0.2, 0.25) is 0 Å². The van der Waals surface area contributed by atoms with Crippen molar-refractivity contribution in [2.45, 2.75) is 5.97 Å². The van der Waals surface area contributed by atoms with Gasteiger partial charge in [0.1, 0.15) is 0 Å². The van der Waals surface area contributed by atoms with E-state index < -0.39 is 5.97 Å². The van der Waals surface area contributed by atoms with E-state index in [0.717, 1.165) is 14.2 Å². The number of aliphatic hydroxyl groups is 1. The topological polar surface area (TPSA) is 55.8 Å². The smallest absolute Gasteiger partial charge is 0.337 e. The second-order valence-electron chi connectivity index (χ2n) is 1.16. The Balaban J connectivity index is 3.76. The zero-order chi connectivity index (χ0) is 6.62. The van der Waals surface area contributed by atoms with Gasteiger partial charge in [-0.15, -0.1) is 0 Å². The summed E-state index contributed by atoms with van der Waals surface area (Å²) in [5, 5.41) is 8.62. The summed E-state index contributed by atoms with van der Waals surface area (Å²) in [5.41, 5.74) is 0. The van der Waals surface area contributed by atoms with E-state index in [1.54, 1.807) is 0 Å². The van der Waals surface area contributed by atoms with Gasteiger partial charge < -0.3 is 14.6 Å². The number of methoxy groups -OCH3 is 2. The van der Waals surface area contributed by atoms with E-state index in [1.807, 2.05) is 0 Å². The van der Waals surface area contributed by atoms with Gasteiger partial charge >= 0.3 is 5.97 Å². The van der Waals surface area contributed by atoms with E-state index in [2.05, 4.69) is 9.47 Å². The number of hydrogen-bond acceptors (Lipinski definition) is 4. The Morgan fingerprint density at radius 1 is 1.50 bits per heavy atom. The summed E-state index contributed by atoms with van der Waals surface area (Å²) in [4.78, 5) is 9.79. The van der Waals surface area contributed by atoms with Crippen molar-refractivity contribution in [2.24, 2.45) is 0 Å². The zero-order valence-electron chi connectivity index (χ0n) is 4.75. The van der Waals surface area contributed by atoms with Crippen LogP contribution in [-0.2, 0) is 14.3 Å². The minimum atomic E-state index is -2.06. The lowest BCUT2D eigenvalue weighted by atomic mass is 10.6. The van der Waals surface area contributed by atoms with Crippen molar-refractivity contribution in [3.05, 3.63) is 0 Å². The maximum Gasteiger partial charge on any atom is 0.340 e. The molecule has 0 aliphatic heterocycles. The van der Waals surface area contributed by atoms with Crippen molar-refractivity contribution in [1.29, 1.82) is 0 Å². The summed E-state index contributed by atoms with van der Waals surface area (Å²) in [6.45, 7) is 0. The van der Waals surface area contributed by atoms with Crippen LogP contribution in [0.15, 0.2) is 0 Å². The van der Waals surface area contributed by atoms with Crippen molar-refractivity contribution in [2.75, 3.05) is 14.2 Å². The second kappa shape index (κ2) is 2.76. The number of hydrogen-bond donors (Lipinski definition) is 1. The average Bonchev–Trinajstić information content (AvgIpc) is 1.87. The summed E-state index contributed by atoms with van der Waals surface area (Å²) >= 11 is 0. The first-order chi connectivity index (χ1) is 3.68. The van der Waals surface area contributed by atoms with Crippen LogP contribution >= 0.6 is 0 Å². The minimum Gasteiger partial charge on any atom is -0.337 e. The van der Waals surface area contributed by atoms with E-state index in [-0.39, 0.29) is 6.29 Å². The maximum atomic E-state index is 9.79. The number of aldehydes is 1. The molecule has 0 aromatic rings. The molecular weight excluding hydrogens is 112 g/mol. The number of carbonyl (C=O) groups excluding carboxylic acids is 1. The molecular formula is C4H8O4. The van der Waals surface area contributed by atoms with E-state index in [9.17, 15) is 4.79 Å². The van der Waals surface area contributed by atoms with Crippen molar-refractivity contribution < 1.29 is 19.4 Å². The summed E-state index contributed by atoms with van der Waals surface area (Å²) in [5.74, 6) is -2.06. The molecule has 0 unspecified atom stereocenters. The molecule has 0 saturated carbocycles. The lowest BCUT2D eigenvalue weighted by molar-refractivity contribution is -0.305. The van der Waals surface area contributed by atoms with E-state index in [0.29, 0.717) is 0 Å². The molecule has 48 valence electrons. The lowest BCUT2D eigenvalue weighted by Gasteiger charge is -2.15. The third-order valence-electron chi connectivity index (χ3n) is 0.734. The van der Waals surface area contributed by atoms with Gasteiger partial charge in [-0.2, -0.15) is 0 Å². The van der Waals surface area contributed by atoms with Crippen LogP contribution in [0.3, 0.4) is 0 Å². The molecule has 0 bridgehead atoms. The van der Waals surface area contributed by atoms with Crippen molar-refractivity contribution in [3.8, 4) is 0 Å². The highest BCUT2D eigenvalue weighted by Crippen LogP contribution is 1.99. The molecule has 0 aromatic heterocycles. The molecule has 0 rings (SSSR count). The molecule has 0 spiro atoms. The summed E-state index contributed by atoms with van der Waals surface area (Å²) in [6.07, 6.45) is 0.160. The standard InChI is InChI=1S/C4H8O4/c1-7-4(6,3-5)8-2/h3,6H,1-2H3. The summed E-state index contributed by atoms with van der Waals surface area (Å²) in [7, 11) is 2.33. The number of ether oxygens (including phenoxy) is 2. The Labute approximate surface area is 47.0 Å². The highest BCUT2D eigenvalue weighted by atomic mass is 16.8. The quantitative estimate of drug-likeness (QED) is 0.388. The molecule has 0 radical (unpaired) electrons. The molecule has 0 saturated heterocycles. The van der Waals surface area contributed by atoms with Crippen molar-refractivity contribution in [1.82, 2.24) is 0 Å². The molecule has 4 heteroatoms. The maximum absolute atomic E-state index is 9.79. The lowest BCUT2D eigenvalue weighted by Crippen LogP contribution is -2.34. The van der Waals surface area contributed by atoms with Crippen LogP contribution in [0.4, 0.5) is 0 Å². The fourth-order valence-corrected chi connectivity index (χ4v) is 0.180. The Hall–Kier alpha value is -0.450. The van der Waals surface area contributed by atoms with Crippen LogP contribution in [0, 0.1) is 0 Å². The molecule has 0 aromatic carbocycles. The van der Waals surface area contributed by atoms with Gasteiger partial charge in [0.25, 0.3) is 0 Å². The molecule has 0 heterocycles. The molecule has 1 N–H and O–H groups in total. The predicted octanol–water partition coefficient (Wildman–Crippen LogP) is -0.876. The zero-order valence-corrected chi connectivity index (χ0v) is 4.75. The number of rotatable bonds is 3. The van der Waals surface area contributed by atoms with Crippen molar-refractivity contribution in [3.63, 3.8) is 0 Å². The van der Waals surface area contributed by atoms with Crippen LogP contribution < -0.4 is 0 Å². The average molecular weight is 120 g/mol.